The van der Waals surface area contributed by atoms with E-state index in [0.717, 1.165) is 39.0 Å². The molecule has 0 aliphatic carbocycles. The van der Waals surface area contributed by atoms with Crippen LogP contribution in [0, 0.1) is 12.8 Å². The fourth-order valence-electron chi connectivity index (χ4n) is 2.98. The first-order valence-electron chi connectivity index (χ1n) is 7.60. The van der Waals surface area contributed by atoms with Crippen molar-refractivity contribution in [3.05, 3.63) is 11.7 Å². The number of ether oxygens (including phenoxy) is 1. The zero-order valence-electron chi connectivity index (χ0n) is 12.5. The first-order valence-corrected chi connectivity index (χ1v) is 7.60. The predicted molar refractivity (Wildman–Crippen MR) is 74.4 cm³/mol. The minimum Gasteiger partial charge on any atom is -0.378 e. The average Bonchev–Trinajstić information content (AvgIpc) is 2.93. The van der Waals surface area contributed by atoms with Crippen LogP contribution in [-0.4, -0.2) is 65.2 Å². The second kappa shape index (κ2) is 6.53. The Morgan fingerprint density at radius 1 is 1.24 bits per heavy atom. The highest BCUT2D eigenvalue weighted by Crippen LogP contribution is 2.21. The number of hydrogen-bond donors (Lipinski definition) is 0. The third kappa shape index (κ3) is 3.59. The van der Waals surface area contributed by atoms with Gasteiger partial charge in [0.2, 0.25) is 11.8 Å². The van der Waals surface area contributed by atoms with Crippen LogP contribution < -0.4 is 0 Å². The van der Waals surface area contributed by atoms with Crippen LogP contribution in [0.1, 0.15) is 24.6 Å². The normalized spacial score (nSPS) is 21.7. The van der Waals surface area contributed by atoms with Crippen molar-refractivity contribution < 1.29 is 14.1 Å². The van der Waals surface area contributed by atoms with E-state index < -0.39 is 0 Å². The fraction of sp³-hybridized carbons (Fsp3) is 0.786. The molecule has 116 valence electrons. The molecule has 21 heavy (non-hydrogen) atoms. The molecule has 1 amide bonds. The summed E-state index contributed by atoms with van der Waals surface area (Å²) in [5.74, 6) is 1.78. The number of carbonyl (C=O) groups excluding carboxylic acids is 1. The molecule has 3 rings (SSSR count). The fourth-order valence-corrected chi connectivity index (χ4v) is 2.98. The molecule has 0 N–H and O–H groups in total. The summed E-state index contributed by atoms with van der Waals surface area (Å²) in [5.41, 5.74) is 0. The molecule has 7 heteroatoms. The predicted octanol–water partition coefficient (Wildman–Crippen LogP) is 0.449. The number of hydrogen-bond acceptors (Lipinski definition) is 6. The highest BCUT2D eigenvalue weighted by Gasteiger charge is 2.29. The van der Waals surface area contributed by atoms with E-state index in [0.29, 0.717) is 37.4 Å². The maximum Gasteiger partial charge on any atom is 0.240 e. The van der Waals surface area contributed by atoms with Crippen LogP contribution in [0.25, 0.3) is 0 Å². The minimum absolute atomic E-state index is 0.156. The third-order valence-electron chi connectivity index (χ3n) is 4.19. The Labute approximate surface area is 124 Å². The Kier molecular flexibility index (Phi) is 4.50. The van der Waals surface area contributed by atoms with Crippen molar-refractivity contribution in [3.8, 4) is 0 Å². The van der Waals surface area contributed by atoms with Gasteiger partial charge < -0.3 is 14.2 Å². The van der Waals surface area contributed by atoms with Gasteiger partial charge in [-0.1, -0.05) is 5.16 Å². The van der Waals surface area contributed by atoms with Crippen LogP contribution in [0.3, 0.4) is 0 Å². The number of nitrogens with zero attached hydrogens (tertiary/aromatic N) is 4. The minimum atomic E-state index is 0.156. The highest BCUT2D eigenvalue weighted by atomic mass is 16.5. The number of morpholine rings is 1. The molecule has 1 aromatic rings. The molecule has 0 unspecified atom stereocenters. The lowest BCUT2D eigenvalue weighted by atomic mass is 9.95. The number of likely N-dealkylation sites (tertiary alicyclic amines) is 1. The summed E-state index contributed by atoms with van der Waals surface area (Å²) < 4.78 is 10.4. The lowest BCUT2D eigenvalue weighted by Gasteiger charge is -2.35. The van der Waals surface area contributed by atoms with Gasteiger partial charge in [0, 0.05) is 19.0 Å². The Morgan fingerprint density at radius 2 is 1.95 bits per heavy atom. The molecule has 0 aromatic carbocycles. The summed E-state index contributed by atoms with van der Waals surface area (Å²) in [7, 11) is 0. The molecule has 2 aliphatic heterocycles. The number of amides is 1. The maximum atomic E-state index is 12.4. The van der Waals surface area contributed by atoms with Crippen LogP contribution >= 0.6 is 0 Å². The average molecular weight is 294 g/mol. The van der Waals surface area contributed by atoms with Crippen LogP contribution in [0.4, 0.5) is 0 Å². The van der Waals surface area contributed by atoms with Crippen molar-refractivity contribution in [1.82, 2.24) is 19.9 Å². The molecule has 0 radical (unpaired) electrons. The van der Waals surface area contributed by atoms with Gasteiger partial charge in [-0.3, -0.25) is 9.69 Å². The van der Waals surface area contributed by atoms with E-state index >= 15 is 0 Å². The van der Waals surface area contributed by atoms with E-state index in [1.807, 2.05) is 11.8 Å². The monoisotopic (exact) mass is 294 g/mol. The van der Waals surface area contributed by atoms with E-state index in [4.69, 9.17) is 9.26 Å². The number of piperidine rings is 1. The molecule has 2 fully saturated rings. The summed E-state index contributed by atoms with van der Waals surface area (Å²) in [6.45, 7) is 7.12. The van der Waals surface area contributed by atoms with E-state index in [-0.39, 0.29) is 5.92 Å². The number of rotatable bonds is 3. The molecule has 7 nitrogen and oxygen atoms in total. The summed E-state index contributed by atoms with van der Waals surface area (Å²) in [5, 5.41) is 3.80. The van der Waals surface area contributed by atoms with Gasteiger partial charge in [0.15, 0.2) is 5.82 Å². The molecule has 0 atom stereocenters. The van der Waals surface area contributed by atoms with Crippen molar-refractivity contribution in [2.75, 3.05) is 39.4 Å². The Morgan fingerprint density at radius 3 is 2.57 bits per heavy atom. The van der Waals surface area contributed by atoms with Gasteiger partial charge in [0.1, 0.15) is 0 Å². The van der Waals surface area contributed by atoms with Crippen LogP contribution in [0.15, 0.2) is 4.52 Å². The van der Waals surface area contributed by atoms with Crippen LogP contribution in [0.2, 0.25) is 0 Å². The molecule has 0 bridgehead atoms. The summed E-state index contributed by atoms with van der Waals surface area (Å²) in [6, 6.07) is 0. The smallest absolute Gasteiger partial charge is 0.240 e. The SMILES string of the molecule is Cc1noc(CN2CCC(C(=O)N3CCOCC3)CC2)n1. The van der Waals surface area contributed by atoms with Gasteiger partial charge in [-0.05, 0) is 32.9 Å². The summed E-state index contributed by atoms with van der Waals surface area (Å²) in [4.78, 5) is 20.9. The quantitative estimate of drug-likeness (QED) is 0.806. The standard InChI is InChI=1S/C14H22N4O3/c1-11-15-13(21-16-11)10-17-4-2-12(3-5-17)14(19)18-6-8-20-9-7-18/h12H,2-10H2,1H3. The molecule has 2 aliphatic rings. The van der Waals surface area contributed by atoms with Crippen molar-refractivity contribution in [2.24, 2.45) is 5.92 Å². The van der Waals surface area contributed by atoms with E-state index in [1.54, 1.807) is 0 Å². The Balaban J connectivity index is 1.47. The molecular formula is C14H22N4O3. The molecule has 1 aromatic heterocycles. The second-order valence-corrected chi connectivity index (χ2v) is 5.72. The highest BCUT2D eigenvalue weighted by molar-refractivity contribution is 5.79. The summed E-state index contributed by atoms with van der Waals surface area (Å²) in [6.07, 6.45) is 1.81. The van der Waals surface area contributed by atoms with Gasteiger partial charge in [-0.2, -0.15) is 4.98 Å². The first-order chi connectivity index (χ1) is 10.2. The van der Waals surface area contributed by atoms with Gasteiger partial charge in [-0.15, -0.1) is 0 Å². The van der Waals surface area contributed by atoms with Crippen molar-refractivity contribution in [1.29, 1.82) is 0 Å². The van der Waals surface area contributed by atoms with Gasteiger partial charge in [0.25, 0.3) is 0 Å². The molecule has 3 heterocycles. The zero-order chi connectivity index (χ0) is 14.7. The largest absolute Gasteiger partial charge is 0.378 e. The van der Waals surface area contributed by atoms with Gasteiger partial charge >= 0.3 is 0 Å². The lowest BCUT2D eigenvalue weighted by Crippen LogP contribution is -2.46. The third-order valence-corrected chi connectivity index (χ3v) is 4.19. The first kappa shape index (κ1) is 14.5. The van der Waals surface area contributed by atoms with Crippen molar-refractivity contribution in [2.45, 2.75) is 26.3 Å². The van der Waals surface area contributed by atoms with E-state index in [1.165, 1.54) is 0 Å². The van der Waals surface area contributed by atoms with Crippen LogP contribution in [-0.2, 0) is 16.1 Å². The van der Waals surface area contributed by atoms with Crippen molar-refractivity contribution >= 4 is 5.91 Å². The molecule has 2 saturated heterocycles. The second-order valence-electron chi connectivity index (χ2n) is 5.72. The van der Waals surface area contributed by atoms with Crippen molar-refractivity contribution in [3.63, 3.8) is 0 Å². The van der Waals surface area contributed by atoms with Gasteiger partial charge in [-0.25, -0.2) is 0 Å². The molecule has 0 saturated carbocycles. The maximum absolute atomic E-state index is 12.4. The lowest BCUT2D eigenvalue weighted by molar-refractivity contribution is -0.141. The topological polar surface area (TPSA) is 71.7 Å². The van der Waals surface area contributed by atoms with Crippen LogP contribution in [0.5, 0.6) is 0 Å². The number of aromatic nitrogens is 2. The Bertz CT molecular complexity index is 476. The zero-order valence-corrected chi connectivity index (χ0v) is 12.5. The Hall–Kier alpha value is -1.47. The summed E-state index contributed by atoms with van der Waals surface area (Å²) >= 11 is 0. The molecular weight excluding hydrogens is 272 g/mol. The van der Waals surface area contributed by atoms with E-state index in [9.17, 15) is 4.79 Å². The number of carbonyl (C=O) groups is 1. The number of aryl methyl sites for hydroxylation is 1. The van der Waals surface area contributed by atoms with Gasteiger partial charge in [0.05, 0.1) is 19.8 Å². The molecule has 0 spiro atoms. The van der Waals surface area contributed by atoms with E-state index in [2.05, 4.69) is 15.0 Å².